The molecule has 0 unspecified atom stereocenters. The van der Waals surface area contributed by atoms with Crippen molar-refractivity contribution >= 4 is 22.5 Å². The van der Waals surface area contributed by atoms with Gasteiger partial charge < -0.3 is 9.47 Å². The predicted molar refractivity (Wildman–Crippen MR) is 78.8 cm³/mol. The van der Waals surface area contributed by atoms with Crippen LogP contribution in [0.2, 0.25) is 0 Å². The lowest BCUT2D eigenvalue weighted by molar-refractivity contribution is 0.0954. The number of fused-ring (bicyclic) bond motifs is 3. The van der Waals surface area contributed by atoms with E-state index in [1.807, 2.05) is 18.2 Å². The van der Waals surface area contributed by atoms with Crippen LogP contribution in [0.25, 0.3) is 10.9 Å². The monoisotopic (exact) mass is 270 g/mol. The van der Waals surface area contributed by atoms with Gasteiger partial charge >= 0.3 is 0 Å². The van der Waals surface area contributed by atoms with Crippen LogP contribution in [0.4, 0.5) is 5.69 Å². The summed E-state index contributed by atoms with van der Waals surface area (Å²) in [7, 11) is 2.13. The number of aryl methyl sites for hydroxylation is 1. The Bertz CT molecular complexity index is 710. The van der Waals surface area contributed by atoms with Crippen molar-refractivity contribution in [3.05, 3.63) is 29.5 Å². The number of hydrogen-bond donors (Lipinski definition) is 2. The van der Waals surface area contributed by atoms with Gasteiger partial charge in [0.2, 0.25) is 0 Å². The summed E-state index contributed by atoms with van der Waals surface area (Å²) in [6.07, 6.45) is 2.49. The number of carbonyl (C=O) groups excluding carboxylic acids is 1. The van der Waals surface area contributed by atoms with Crippen LogP contribution in [0.5, 0.6) is 0 Å². The van der Waals surface area contributed by atoms with Crippen LogP contribution in [0.15, 0.2) is 18.2 Å². The van der Waals surface area contributed by atoms with Gasteiger partial charge in [0.25, 0.3) is 5.91 Å². The maximum atomic E-state index is 11.7. The molecule has 1 amide bonds. The van der Waals surface area contributed by atoms with E-state index in [0.29, 0.717) is 11.5 Å². The number of piperidine rings is 1. The number of nitrogens with one attached hydrogen (secondary N) is 1. The minimum atomic E-state index is -0.236. The van der Waals surface area contributed by atoms with E-state index in [1.54, 1.807) is 0 Å². The highest BCUT2D eigenvalue weighted by molar-refractivity contribution is 6.03. The fraction of sp³-hybridized carbons (Fsp3) is 0.400. The number of aromatic nitrogens is 1. The van der Waals surface area contributed by atoms with Crippen molar-refractivity contribution in [1.82, 2.24) is 9.99 Å². The Morgan fingerprint density at radius 2 is 2.10 bits per heavy atom. The van der Waals surface area contributed by atoms with Gasteiger partial charge in [-0.2, -0.15) is 0 Å². The molecule has 0 radical (unpaired) electrons. The van der Waals surface area contributed by atoms with Crippen molar-refractivity contribution in [1.29, 1.82) is 0 Å². The molecule has 4 heterocycles. The van der Waals surface area contributed by atoms with Gasteiger partial charge in [-0.05, 0) is 31.0 Å². The van der Waals surface area contributed by atoms with E-state index in [0.717, 1.165) is 13.1 Å². The van der Waals surface area contributed by atoms with Crippen molar-refractivity contribution in [3.63, 3.8) is 0 Å². The minimum absolute atomic E-state index is 0.236. The molecule has 104 valence electrons. The number of nitrogens with two attached hydrogens (primary N) is 1. The van der Waals surface area contributed by atoms with E-state index >= 15 is 0 Å². The fourth-order valence-electron chi connectivity index (χ4n) is 3.85. The van der Waals surface area contributed by atoms with E-state index < -0.39 is 0 Å². The summed E-state index contributed by atoms with van der Waals surface area (Å²) < 4.78 is 2.30. The van der Waals surface area contributed by atoms with Crippen LogP contribution in [0, 0.1) is 0 Å². The van der Waals surface area contributed by atoms with Crippen LogP contribution in [-0.2, 0) is 7.05 Å². The second-order valence-corrected chi connectivity index (χ2v) is 5.76. The zero-order chi connectivity index (χ0) is 13.9. The smallest absolute Gasteiger partial charge is 0.265 e. The van der Waals surface area contributed by atoms with Gasteiger partial charge in [-0.3, -0.25) is 10.2 Å². The standard InChI is InChI=1S/C15H18N4O/c1-18-12-3-2-10(15(20)17-16)8-11(12)14-13(18)9-4-6-19(14)7-5-9/h2-3,8-9H,4-7,16H2,1H3,(H,17,20). The second-order valence-electron chi connectivity index (χ2n) is 5.76. The largest absolute Gasteiger partial charge is 0.370 e. The SMILES string of the molecule is Cn1c2c(c3cc(C(=O)NN)ccc31)N1CCC2CC1. The quantitative estimate of drug-likeness (QED) is 0.469. The zero-order valence-corrected chi connectivity index (χ0v) is 11.5. The van der Waals surface area contributed by atoms with E-state index in [1.165, 1.54) is 35.1 Å². The van der Waals surface area contributed by atoms with E-state index in [4.69, 9.17) is 5.84 Å². The number of amides is 1. The summed E-state index contributed by atoms with van der Waals surface area (Å²) in [5.74, 6) is 5.67. The average Bonchev–Trinajstić information content (AvgIpc) is 2.83. The summed E-state index contributed by atoms with van der Waals surface area (Å²) in [6.45, 7) is 2.26. The molecule has 0 spiro atoms. The molecule has 0 atom stereocenters. The maximum Gasteiger partial charge on any atom is 0.265 e. The molecule has 1 aromatic carbocycles. The number of nitrogen functional groups attached to an aromatic ring is 1. The van der Waals surface area contributed by atoms with Gasteiger partial charge in [0, 0.05) is 42.7 Å². The molecule has 2 aromatic rings. The van der Waals surface area contributed by atoms with Crippen molar-refractivity contribution in [2.75, 3.05) is 18.0 Å². The maximum absolute atomic E-state index is 11.7. The third kappa shape index (κ3) is 1.38. The summed E-state index contributed by atoms with van der Waals surface area (Å²) >= 11 is 0. The molecule has 5 heteroatoms. The number of carbonyl (C=O) groups is 1. The Balaban J connectivity index is 2.00. The Labute approximate surface area is 117 Å². The first-order chi connectivity index (χ1) is 9.70. The molecule has 3 aliphatic heterocycles. The van der Waals surface area contributed by atoms with Crippen LogP contribution in [-0.4, -0.2) is 23.6 Å². The number of benzene rings is 1. The van der Waals surface area contributed by atoms with Crippen molar-refractivity contribution < 1.29 is 4.79 Å². The van der Waals surface area contributed by atoms with E-state index in [9.17, 15) is 4.79 Å². The molecule has 5 rings (SSSR count). The van der Waals surface area contributed by atoms with Crippen molar-refractivity contribution in [2.24, 2.45) is 12.9 Å². The molecule has 5 nitrogen and oxygen atoms in total. The number of rotatable bonds is 1. The lowest BCUT2D eigenvalue weighted by Gasteiger charge is -2.41. The molecule has 2 bridgehead atoms. The summed E-state index contributed by atoms with van der Waals surface area (Å²) in [6, 6.07) is 5.84. The highest BCUT2D eigenvalue weighted by Crippen LogP contribution is 2.47. The molecule has 0 aliphatic carbocycles. The number of nitrogens with zero attached hydrogens (tertiary/aromatic N) is 2. The van der Waals surface area contributed by atoms with Crippen molar-refractivity contribution in [2.45, 2.75) is 18.8 Å². The molecule has 3 aliphatic rings. The van der Waals surface area contributed by atoms with Crippen LogP contribution in [0.1, 0.15) is 34.8 Å². The predicted octanol–water partition coefficient (Wildman–Crippen LogP) is 1.48. The highest BCUT2D eigenvalue weighted by Gasteiger charge is 2.35. The normalized spacial score (nSPS) is 17.6. The first-order valence-corrected chi connectivity index (χ1v) is 7.09. The molecule has 1 fully saturated rings. The number of hydrogen-bond acceptors (Lipinski definition) is 3. The molecule has 0 saturated carbocycles. The molecular weight excluding hydrogens is 252 g/mol. The summed E-state index contributed by atoms with van der Waals surface area (Å²) in [5, 5.41) is 1.17. The van der Waals surface area contributed by atoms with Crippen LogP contribution >= 0.6 is 0 Å². The number of hydrazine groups is 1. The van der Waals surface area contributed by atoms with E-state index in [-0.39, 0.29) is 5.91 Å². The van der Waals surface area contributed by atoms with Gasteiger partial charge in [0.05, 0.1) is 11.2 Å². The number of anilines is 1. The van der Waals surface area contributed by atoms with Gasteiger partial charge in [0.1, 0.15) is 0 Å². The summed E-state index contributed by atoms with van der Waals surface area (Å²) in [4.78, 5) is 14.2. The van der Waals surface area contributed by atoms with Gasteiger partial charge in [-0.25, -0.2) is 5.84 Å². The molecule has 3 N–H and O–H groups in total. The van der Waals surface area contributed by atoms with Gasteiger partial charge in [0.15, 0.2) is 0 Å². The zero-order valence-electron chi connectivity index (χ0n) is 11.5. The fourth-order valence-corrected chi connectivity index (χ4v) is 3.85. The lowest BCUT2D eigenvalue weighted by Crippen LogP contribution is -2.39. The van der Waals surface area contributed by atoms with Crippen LogP contribution in [0.3, 0.4) is 0 Å². The van der Waals surface area contributed by atoms with Crippen molar-refractivity contribution in [3.8, 4) is 0 Å². The Morgan fingerprint density at radius 3 is 2.80 bits per heavy atom. The van der Waals surface area contributed by atoms with Crippen LogP contribution < -0.4 is 16.2 Å². The van der Waals surface area contributed by atoms with E-state index in [2.05, 4.69) is 21.9 Å². The Kier molecular flexibility index (Phi) is 2.35. The molecule has 20 heavy (non-hydrogen) atoms. The third-order valence-electron chi connectivity index (χ3n) is 4.81. The molecular formula is C15H18N4O. The average molecular weight is 270 g/mol. The topological polar surface area (TPSA) is 63.3 Å². The lowest BCUT2D eigenvalue weighted by atomic mass is 9.87. The highest BCUT2D eigenvalue weighted by atomic mass is 16.2. The summed E-state index contributed by atoms with van der Waals surface area (Å²) in [5.41, 5.74) is 6.79. The van der Waals surface area contributed by atoms with Gasteiger partial charge in [-0.1, -0.05) is 0 Å². The Morgan fingerprint density at radius 1 is 1.35 bits per heavy atom. The molecule has 1 aromatic heterocycles. The Hall–Kier alpha value is -2.01. The van der Waals surface area contributed by atoms with Gasteiger partial charge in [-0.15, -0.1) is 0 Å². The third-order valence-corrected chi connectivity index (χ3v) is 4.81. The second kappa shape index (κ2) is 3.99. The first-order valence-electron chi connectivity index (χ1n) is 7.09. The molecule has 1 saturated heterocycles. The minimum Gasteiger partial charge on any atom is -0.370 e. The first kappa shape index (κ1) is 11.8.